The Balaban J connectivity index is 1.57. The van der Waals surface area contributed by atoms with E-state index in [4.69, 9.17) is 18.9 Å². The number of anilines is 1. The van der Waals surface area contributed by atoms with Crippen molar-refractivity contribution < 1.29 is 18.9 Å². The number of hydrogen-bond acceptors (Lipinski definition) is 8. The molecule has 3 aromatic rings. The summed E-state index contributed by atoms with van der Waals surface area (Å²) in [7, 11) is 3.25. The fourth-order valence-corrected chi connectivity index (χ4v) is 3.28. The fraction of sp³-hybridized carbons (Fsp3) is 0.304. The van der Waals surface area contributed by atoms with Crippen LogP contribution in [0.4, 0.5) is 5.69 Å². The second kappa shape index (κ2) is 9.99. The molecule has 0 saturated carbocycles. The lowest BCUT2D eigenvalue weighted by atomic mass is 10.1. The van der Waals surface area contributed by atoms with Crippen molar-refractivity contribution in [1.29, 1.82) is 0 Å². The molecule has 8 heteroatoms. The van der Waals surface area contributed by atoms with Crippen LogP contribution in [-0.4, -0.2) is 43.3 Å². The van der Waals surface area contributed by atoms with Crippen LogP contribution in [0.5, 0.6) is 34.9 Å². The highest BCUT2D eigenvalue weighted by atomic mass is 16.5. The van der Waals surface area contributed by atoms with Gasteiger partial charge in [0.05, 0.1) is 20.4 Å². The first kappa shape index (κ1) is 20.7. The van der Waals surface area contributed by atoms with Gasteiger partial charge in [-0.05, 0) is 67.9 Å². The Labute approximate surface area is 181 Å². The molecule has 1 aromatic heterocycles. The molecule has 1 aliphatic rings. The molecular weight excluding hydrogens is 396 g/mol. The summed E-state index contributed by atoms with van der Waals surface area (Å²) in [6.07, 6.45) is 3.88. The molecule has 4 rings (SSSR count). The molecule has 8 nitrogen and oxygen atoms in total. The lowest BCUT2D eigenvalue weighted by Gasteiger charge is -2.25. The largest absolute Gasteiger partial charge is 0.497 e. The number of nitrogens with one attached hydrogen (secondary N) is 2. The van der Waals surface area contributed by atoms with E-state index in [-0.39, 0.29) is 12.1 Å². The summed E-state index contributed by atoms with van der Waals surface area (Å²) in [5.74, 6) is 3.14. The minimum absolute atomic E-state index is 0.195. The lowest BCUT2D eigenvalue weighted by Crippen LogP contribution is -2.38. The number of benzene rings is 2. The van der Waals surface area contributed by atoms with Crippen LogP contribution in [0.3, 0.4) is 0 Å². The standard InChI is InChI=1S/C23H26N4O4/c1-28-17-5-9-19(10-6-17)30-22-21(26-16-4-3-13-24-14-16)15-25-23(27-22)31-20-11-7-18(29-2)8-12-20/h5-12,15-16,24,26H,3-4,13-14H2,1-2H3. The average Bonchev–Trinajstić information content (AvgIpc) is 2.82. The van der Waals surface area contributed by atoms with Gasteiger partial charge in [-0.25, -0.2) is 4.98 Å². The van der Waals surface area contributed by atoms with Gasteiger partial charge in [0, 0.05) is 12.6 Å². The smallest absolute Gasteiger partial charge is 0.325 e. The Morgan fingerprint density at radius 1 is 0.871 bits per heavy atom. The summed E-state index contributed by atoms with van der Waals surface area (Å²) in [5.41, 5.74) is 0.714. The molecule has 2 N–H and O–H groups in total. The number of piperidine rings is 1. The molecule has 1 aliphatic heterocycles. The van der Waals surface area contributed by atoms with Crippen molar-refractivity contribution in [3.8, 4) is 34.9 Å². The highest BCUT2D eigenvalue weighted by molar-refractivity contribution is 5.54. The molecule has 1 unspecified atom stereocenters. The van der Waals surface area contributed by atoms with Gasteiger partial charge in [-0.1, -0.05) is 0 Å². The maximum absolute atomic E-state index is 6.08. The van der Waals surface area contributed by atoms with Crippen LogP contribution >= 0.6 is 0 Å². The van der Waals surface area contributed by atoms with E-state index in [1.165, 1.54) is 0 Å². The van der Waals surface area contributed by atoms with Crippen LogP contribution < -0.4 is 29.6 Å². The fourth-order valence-electron chi connectivity index (χ4n) is 3.28. The van der Waals surface area contributed by atoms with E-state index < -0.39 is 0 Å². The predicted octanol–water partition coefficient (Wildman–Crippen LogP) is 4.24. The molecule has 1 atom stereocenters. The van der Waals surface area contributed by atoms with Crippen LogP contribution in [0, 0.1) is 0 Å². The molecule has 0 bridgehead atoms. The Hall–Kier alpha value is -3.52. The first-order chi connectivity index (χ1) is 15.2. The number of rotatable bonds is 8. The van der Waals surface area contributed by atoms with Gasteiger partial charge in [-0.15, -0.1) is 0 Å². The molecule has 0 spiro atoms. The third-order valence-corrected chi connectivity index (χ3v) is 4.93. The molecule has 1 saturated heterocycles. The maximum Gasteiger partial charge on any atom is 0.325 e. The molecule has 0 aliphatic carbocycles. The number of methoxy groups -OCH3 is 2. The van der Waals surface area contributed by atoms with Gasteiger partial charge in [-0.3, -0.25) is 0 Å². The van der Waals surface area contributed by atoms with Gasteiger partial charge in [0.1, 0.15) is 28.7 Å². The topological polar surface area (TPSA) is 86.8 Å². The minimum atomic E-state index is 0.195. The van der Waals surface area contributed by atoms with E-state index >= 15 is 0 Å². The second-order valence-electron chi connectivity index (χ2n) is 7.11. The Kier molecular flexibility index (Phi) is 6.68. The normalized spacial score (nSPS) is 15.7. The van der Waals surface area contributed by atoms with Crippen molar-refractivity contribution in [1.82, 2.24) is 15.3 Å². The second-order valence-corrected chi connectivity index (χ2v) is 7.11. The summed E-state index contributed by atoms with van der Waals surface area (Å²) in [5, 5.41) is 6.89. The molecule has 0 radical (unpaired) electrons. The van der Waals surface area contributed by atoms with Crippen LogP contribution in [0.2, 0.25) is 0 Å². The summed E-state index contributed by atoms with van der Waals surface area (Å²) in [6, 6.07) is 15.0. The summed E-state index contributed by atoms with van der Waals surface area (Å²) in [6.45, 7) is 1.92. The molecule has 162 valence electrons. The first-order valence-corrected chi connectivity index (χ1v) is 10.2. The number of nitrogens with zero attached hydrogens (tertiary/aromatic N) is 2. The predicted molar refractivity (Wildman–Crippen MR) is 118 cm³/mol. The van der Waals surface area contributed by atoms with E-state index in [0.717, 1.165) is 37.4 Å². The van der Waals surface area contributed by atoms with Crippen LogP contribution in [-0.2, 0) is 0 Å². The highest BCUT2D eigenvalue weighted by Gasteiger charge is 2.18. The van der Waals surface area contributed by atoms with Gasteiger partial charge < -0.3 is 29.6 Å². The zero-order valence-corrected chi connectivity index (χ0v) is 17.6. The summed E-state index contributed by atoms with van der Waals surface area (Å²) >= 11 is 0. The Morgan fingerprint density at radius 2 is 1.48 bits per heavy atom. The van der Waals surface area contributed by atoms with Crippen molar-refractivity contribution in [2.75, 3.05) is 32.6 Å². The molecule has 2 aromatic carbocycles. The van der Waals surface area contributed by atoms with E-state index in [1.807, 2.05) is 36.4 Å². The molecule has 31 heavy (non-hydrogen) atoms. The average molecular weight is 422 g/mol. The van der Waals surface area contributed by atoms with Gasteiger partial charge in [-0.2, -0.15) is 4.98 Å². The van der Waals surface area contributed by atoms with Gasteiger partial charge >= 0.3 is 6.01 Å². The Bertz CT molecular complexity index is 974. The summed E-state index contributed by atoms with van der Waals surface area (Å²) < 4.78 is 22.3. The van der Waals surface area contributed by atoms with Gasteiger partial charge in [0.25, 0.3) is 0 Å². The van der Waals surface area contributed by atoms with Crippen LogP contribution in [0.25, 0.3) is 0 Å². The number of aromatic nitrogens is 2. The lowest BCUT2D eigenvalue weighted by molar-refractivity contribution is 0.401. The van der Waals surface area contributed by atoms with Crippen LogP contribution in [0.1, 0.15) is 12.8 Å². The number of ether oxygens (including phenoxy) is 4. The highest BCUT2D eigenvalue weighted by Crippen LogP contribution is 2.32. The third kappa shape index (κ3) is 5.55. The van der Waals surface area contributed by atoms with Gasteiger partial charge in [0.15, 0.2) is 0 Å². The van der Waals surface area contributed by atoms with E-state index in [0.29, 0.717) is 23.1 Å². The number of hydrogen-bond donors (Lipinski definition) is 2. The van der Waals surface area contributed by atoms with Gasteiger partial charge in [0.2, 0.25) is 5.88 Å². The SMILES string of the molecule is COc1ccc(Oc2ncc(NC3CCCNC3)c(Oc3ccc(OC)cc3)n2)cc1. The van der Waals surface area contributed by atoms with E-state index in [2.05, 4.69) is 20.6 Å². The first-order valence-electron chi connectivity index (χ1n) is 10.2. The quantitative estimate of drug-likeness (QED) is 0.557. The molecule has 0 amide bonds. The molecule has 2 heterocycles. The van der Waals surface area contributed by atoms with Crippen molar-refractivity contribution >= 4 is 5.69 Å². The van der Waals surface area contributed by atoms with Crippen molar-refractivity contribution in [2.24, 2.45) is 0 Å². The van der Waals surface area contributed by atoms with Crippen molar-refractivity contribution in [2.45, 2.75) is 18.9 Å². The minimum Gasteiger partial charge on any atom is -0.497 e. The third-order valence-electron chi connectivity index (χ3n) is 4.93. The van der Waals surface area contributed by atoms with E-state index in [1.54, 1.807) is 32.5 Å². The summed E-state index contributed by atoms with van der Waals surface area (Å²) in [4.78, 5) is 8.88. The molecular formula is C23H26N4O4. The zero-order valence-electron chi connectivity index (χ0n) is 17.6. The monoisotopic (exact) mass is 422 g/mol. The van der Waals surface area contributed by atoms with Crippen molar-refractivity contribution in [3.63, 3.8) is 0 Å². The van der Waals surface area contributed by atoms with Crippen molar-refractivity contribution in [3.05, 3.63) is 54.7 Å². The molecule has 1 fully saturated rings. The maximum atomic E-state index is 6.08. The van der Waals surface area contributed by atoms with E-state index in [9.17, 15) is 0 Å². The zero-order chi connectivity index (χ0) is 21.5. The Morgan fingerprint density at radius 3 is 2.06 bits per heavy atom. The van der Waals surface area contributed by atoms with Crippen LogP contribution in [0.15, 0.2) is 54.7 Å².